The minimum atomic E-state index is -0.857. The summed E-state index contributed by atoms with van der Waals surface area (Å²) in [5.74, 6) is 5.87. The van der Waals surface area contributed by atoms with Crippen LogP contribution in [-0.4, -0.2) is 17.8 Å². The van der Waals surface area contributed by atoms with Crippen LogP contribution in [0.15, 0.2) is 18.2 Å². The zero-order chi connectivity index (χ0) is 16.9. The predicted octanol–water partition coefficient (Wildman–Crippen LogP) is 4.17. The highest BCUT2D eigenvalue weighted by Crippen LogP contribution is 2.64. The highest BCUT2D eigenvalue weighted by atomic mass is 32.1. The van der Waals surface area contributed by atoms with Crippen molar-refractivity contribution in [2.24, 2.45) is 17.3 Å². The van der Waals surface area contributed by atoms with Gasteiger partial charge in [0.2, 0.25) is 0 Å². The van der Waals surface area contributed by atoms with Crippen LogP contribution in [0.4, 0.5) is 0 Å². The first-order valence-electron chi connectivity index (χ1n) is 9.08. The molecule has 5 unspecified atom stereocenters. The van der Waals surface area contributed by atoms with Gasteiger partial charge < -0.3 is 9.84 Å². The number of methoxy groups -OCH3 is 1. The summed E-state index contributed by atoms with van der Waals surface area (Å²) in [5, 5.41) is 13.8. The fourth-order valence-electron chi connectivity index (χ4n) is 6.00. The molecular weight excluding hydrogens is 316 g/mol. The summed E-state index contributed by atoms with van der Waals surface area (Å²) in [6.07, 6.45) is 6.41. The Hall–Kier alpha value is -1.11. The lowest BCUT2D eigenvalue weighted by Crippen LogP contribution is -2.50. The SMILES string of the molecule is COc1ccc2c(c1)CCC1C2CCC2(C)C1CCC2(O)C#CS. The lowest BCUT2D eigenvalue weighted by Gasteiger charge is -2.52. The monoisotopic (exact) mass is 342 g/mol. The van der Waals surface area contributed by atoms with Crippen LogP contribution in [0.25, 0.3) is 0 Å². The lowest BCUT2D eigenvalue weighted by atomic mass is 9.53. The van der Waals surface area contributed by atoms with E-state index in [1.54, 1.807) is 7.11 Å². The Labute approximate surface area is 150 Å². The number of aliphatic hydroxyl groups is 1. The van der Waals surface area contributed by atoms with E-state index in [1.807, 2.05) is 0 Å². The molecule has 4 rings (SSSR count). The van der Waals surface area contributed by atoms with Crippen molar-refractivity contribution in [3.63, 3.8) is 0 Å². The fourth-order valence-corrected chi connectivity index (χ4v) is 6.18. The van der Waals surface area contributed by atoms with Gasteiger partial charge in [0.15, 0.2) is 0 Å². The molecular formula is C21H26O2S. The molecule has 2 nitrogen and oxygen atoms in total. The summed E-state index contributed by atoms with van der Waals surface area (Å²) in [6.45, 7) is 2.27. The standard InChI is InChI=1S/C21H26O2S/c1-20-9-7-17-16-6-4-15(23-2)13-14(16)3-5-18(17)19(20)8-10-21(20,22)11-12-24/h4,6,13,17-19,22,24H,3,5,7-10H2,1-2H3. The van der Waals surface area contributed by atoms with Gasteiger partial charge in [0.25, 0.3) is 0 Å². The van der Waals surface area contributed by atoms with Gasteiger partial charge >= 0.3 is 0 Å². The third-order valence-electron chi connectivity index (χ3n) is 7.35. The Morgan fingerprint density at radius 2 is 2.08 bits per heavy atom. The molecule has 3 aliphatic rings. The first-order chi connectivity index (χ1) is 11.5. The fraction of sp³-hybridized carbons (Fsp3) is 0.619. The van der Waals surface area contributed by atoms with Crippen LogP contribution in [-0.2, 0) is 6.42 Å². The Morgan fingerprint density at radius 3 is 2.83 bits per heavy atom. The molecule has 3 aliphatic carbocycles. The van der Waals surface area contributed by atoms with Gasteiger partial charge in [-0.1, -0.05) is 31.5 Å². The number of hydrogen-bond donors (Lipinski definition) is 2. The first kappa shape index (κ1) is 16.4. The highest BCUT2D eigenvalue weighted by molar-refractivity contribution is 7.85. The van der Waals surface area contributed by atoms with Gasteiger partial charge in [-0.3, -0.25) is 0 Å². The molecule has 0 bridgehead atoms. The topological polar surface area (TPSA) is 29.5 Å². The summed E-state index contributed by atoms with van der Waals surface area (Å²) in [6, 6.07) is 6.60. The Bertz CT molecular complexity index is 718. The van der Waals surface area contributed by atoms with Crippen molar-refractivity contribution in [2.75, 3.05) is 7.11 Å². The number of benzene rings is 1. The molecule has 0 aliphatic heterocycles. The normalized spacial score (nSPS) is 39.9. The van der Waals surface area contributed by atoms with E-state index < -0.39 is 5.60 Å². The zero-order valence-corrected chi connectivity index (χ0v) is 15.4. The molecule has 2 saturated carbocycles. The van der Waals surface area contributed by atoms with Crippen molar-refractivity contribution in [1.82, 2.24) is 0 Å². The van der Waals surface area contributed by atoms with Gasteiger partial charge in [-0.05, 0) is 84.8 Å². The average Bonchev–Trinajstić information content (AvgIpc) is 2.86. The third kappa shape index (κ3) is 2.16. The molecule has 0 radical (unpaired) electrons. The summed E-state index contributed by atoms with van der Waals surface area (Å²) in [4.78, 5) is 0. The number of ether oxygens (including phenoxy) is 1. The summed E-state index contributed by atoms with van der Waals surface area (Å²) in [7, 11) is 1.74. The maximum atomic E-state index is 11.2. The number of thiol groups is 1. The van der Waals surface area contributed by atoms with E-state index in [0.717, 1.165) is 37.9 Å². The molecule has 5 atom stereocenters. The second-order valence-electron chi connectivity index (χ2n) is 8.07. The number of rotatable bonds is 1. The maximum absolute atomic E-state index is 11.2. The average molecular weight is 343 g/mol. The van der Waals surface area contributed by atoms with Gasteiger partial charge in [0.05, 0.1) is 7.11 Å². The molecule has 0 amide bonds. The van der Waals surface area contributed by atoms with E-state index in [4.69, 9.17) is 4.74 Å². The first-order valence-corrected chi connectivity index (χ1v) is 9.52. The summed E-state index contributed by atoms with van der Waals surface area (Å²) >= 11 is 4.06. The zero-order valence-electron chi connectivity index (χ0n) is 14.5. The Kier molecular flexibility index (Phi) is 3.90. The van der Waals surface area contributed by atoms with Crippen molar-refractivity contribution < 1.29 is 9.84 Å². The van der Waals surface area contributed by atoms with Crippen LogP contribution in [0, 0.1) is 28.4 Å². The quantitative estimate of drug-likeness (QED) is 0.592. The van der Waals surface area contributed by atoms with Crippen molar-refractivity contribution >= 4 is 12.6 Å². The van der Waals surface area contributed by atoms with Crippen LogP contribution in [0.1, 0.15) is 56.1 Å². The van der Waals surface area contributed by atoms with Gasteiger partial charge in [-0.25, -0.2) is 0 Å². The maximum Gasteiger partial charge on any atom is 0.131 e. The van der Waals surface area contributed by atoms with E-state index in [9.17, 15) is 5.11 Å². The molecule has 0 heterocycles. The highest BCUT2D eigenvalue weighted by Gasteiger charge is 2.61. The van der Waals surface area contributed by atoms with Crippen molar-refractivity contribution in [3.8, 4) is 16.9 Å². The molecule has 2 fully saturated rings. The Morgan fingerprint density at radius 1 is 1.25 bits per heavy atom. The molecule has 24 heavy (non-hydrogen) atoms. The van der Waals surface area contributed by atoms with Crippen LogP contribution < -0.4 is 4.74 Å². The van der Waals surface area contributed by atoms with Gasteiger partial charge in [0, 0.05) is 5.41 Å². The predicted molar refractivity (Wildman–Crippen MR) is 99.3 cm³/mol. The van der Waals surface area contributed by atoms with Gasteiger partial charge in [0.1, 0.15) is 11.4 Å². The summed E-state index contributed by atoms with van der Waals surface area (Å²) in [5.41, 5.74) is 2.03. The van der Waals surface area contributed by atoms with Gasteiger partial charge in [-0.15, -0.1) is 0 Å². The second kappa shape index (κ2) is 5.71. The second-order valence-corrected chi connectivity index (χ2v) is 8.30. The van der Waals surface area contributed by atoms with E-state index in [-0.39, 0.29) is 5.41 Å². The smallest absolute Gasteiger partial charge is 0.131 e. The van der Waals surface area contributed by atoms with Crippen LogP contribution in [0.2, 0.25) is 0 Å². The van der Waals surface area contributed by atoms with Crippen molar-refractivity contribution in [3.05, 3.63) is 29.3 Å². The lowest BCUT2D eigenvalue weighted by molar-refractivity contribution is -0.0647. The Balaban J connectivity index is 1.69. The van der Waals surface area contributed by atoms with E-state index in [2.05, 4.69) is 48.9 Å². The van der Waals surface area contributed by atoms with E-state index in [1.165, 1.54) is 17.5 Å². The van der Waals surface area contributed by atoms with E-state index >= 15 is 0 Å². The molecule has 128 valence electrons. The van der Waals surface area contributed by atoms with Crippen LogP contribution in [0.3, 0.4) is 0 Å². The summed E-state index contributed by atoms with van der Waals surface area (Å²) < 4.78 is 5.40. The molecule has 1 aromatic rings. The number of hydrogen-bond acceptors (Lipinski definition) is 3. The van der Waals surface area contributed by atoms with Crippen LogP contribution >= 0.6 is 12.6 Å². The minimum absolute atomic E-state index is 0.0894. The molecule has 0 spiro atoms. The molecule has 1 N–H and O–H groups in total. The molecule has 1 aromatic carbocycles. The largest absolute Gasteiger partial charge is 0.497 e. The van der Waals surface area contributed by atoms with E-state index in [0.29, 0.717) is 17.8 Å². The molecule has 3 heteroatoms. The number of aryl methyl sites for hydroxylation is 1. The minimum Gasteiger partial charge on any atom is -0.497 e. The molecule has 0 aromatic heterocycles. The van der Waals surface area contributed by atoms with Crippen molar-refractivity contribution in [2.45, 2.75) is 57.0 Å². The molecule has 0 saturated heterocycles. The van der Waals surface area contributed by atoms with Gasteiger partial charge in [-0.2, -0.15) is 0 Å². The number of fused-ring (bicyclic) bond motifs is 5. The van der Waals surface area contributed by atoms with Crippen LogP contribution in [0.5, 0.6) is 5.75 Å². The third-order valence-corrected chi connectivity index (χ3v) is 7.46. The van der Waals surface area contributed by atoms with Crippen molar-refractivity contribution in [1.29, 1.82) is 0 Å².